The van der Waals surface area contributed by atoms with Crippen LogP contribution in [0.4, 0.5) is 13.2 Å². The molecule has 0 aliphatic heterocycles. The lowest BCUT2D eigenvalue weighted by Crippen LogP contribution is -2.44. The maximum Gasteiger partial charge on any atom is 0.283 e. The number of rotatable bonds is 16. The SMILES string of the molecule is CCCCCCCCC(CCCc1cc(F)c(F)cc1F)C(O)(OCC)OCC. The molecule has 0 aromatic heterocycles. The second kappa shape index (κ2) is 14.0. The van der Waals surface area contributed by atoms with Crippen molar-refractivity contribution >= 4 is 0 Å². The lowest BCUT2D eigenvalue weighted by atomic mass is 9.91. The van der Waals surface area contributed by atoms with E-state index in [2.05, 4.69) is 6.92 Å². The van der Waals surface area contributed by atoms with Gasteiger partial charge in [0.15, 0.2) is 11.6 Å². The van der Waals surface area contributed by atoms with Gasteiger partial charge >= 0.3 is 0 Å². The largest absolute Gasteiger partial charge is 0.343 e. The van der Waals surface area contributed by atoms with Gasteiger partial charge in [0.05, 0.1) is 0 Å². The van der Waals surface area contributed by atoms with Crippen LogP contribution in [-0.4, -0.2) is 24.3 Å². The van der Waals surface area contributed by atoms with Crippen LogP contribution < -0.4 is 0 Å². The summed E-state index contributed by atoms with van der Waals surface area (Å²) in [4.78, 5) is 0. The summed E-state index contributed by atoms with van der Waals surface area (Å²) in [5.74, 6) is -4.94. The Morgan fingerprint density at radius 1 is 0.793 bits per heavy atom. The Labute approximate surface area is 173 Å². The van der Waals surface area contributed by atoms with E-state index in [9.17, 15) is 18.3 Å². The van der Waals surface area contributed by atoms with E-state index in [4.69, 9.17) is 9.47 Å². The quantitative estimate of drug-likeness (QED) is 0.189. The highest BCUT2D eigenvalue weighted by Gasteiger charge is 2.38. The topological polar surface area (TPSA) is 38.7 Å². The van der Waals surface area contributed by atoms with Crippen molar-refractivity contribution in [3.63, 3.8) is 0 Å². The number of benzene rings is 1. The van der Waals surface area contributed by atoms with E-state index in [0.717, 1.165) is 31.7 Å². The summed E-state index contributed by atoms with van der Waals surface area (Å²) in [7, 11) is 0. The molecule has 1 N–H and O–H groups in total. The second-order valence-corrected chi connectivity index (χ2v) is 7.50. The van der Waals surface area contributed by atoms with E-state index < -0.39 is 23.4 Å². The Bertz CT molecular complexity index is 575. The number of ether oxygens (including phenoxy) is 2. The van der Waals surface area contributed by atoms with Crippen molar-refractivity contribution in [2.45, 2.75) is 91.0 Å². The highest BCUT2D eigenvalue weighted by atomic mass is 19.2. The first kappa shape index (κ1) is 25.9. The summed E-state index contributed by atoms with van der Waals surface area (Å²) in [5, 5.41) is 10.9. The van der Waals surface area contributed by atoms with Crippen LogP contribution in [0.2, 0.25) is 0 Å². The van der Waals surface area contributed by atoms with Crippen molar-refractivity contribution in [1.29, 1.82) is 0 Å². The average molecular weight is 419 g/mol. The Balaban J connectivity index is 2.70. The number of halogens is 3. The van der Waals surface area contributed by atoms with Crippen LogP contribution >= 0.6 is 0 Å². The fraction of sp³-hybridized carbons (Fsp3) is 0.739. The minimum Gasteiger partial charge on any atom is -0.343 e. The van der Waals surface area contributed by atoms with Gasteiger partial charge in [-0.1, -0.05) is 45.4 Å². The van der Waals surface area contributed by atoms with Crippen LogP contribution in [0.15, 0.2) is 12.1 Å². The van der Waals surface area contributed by atoms with Crippen LogP contribution in [0.25, 0.3) is 0 Å². The molecule has 1 aromatic rings. The highest BCUT2D eigenvalue weighted by Crippen LogP contribution is 2.31. The third-order valence-corrected chi connectivity index (χ3v) is 5.21. The predicted octanol–water partition coefficient (Wildman–Crippen LogP) is 6.51. The van der Waals surface area contributed by atoms with E-state index in [1.165, 1.54) is 19.3 Å². The van der Waals surface area contributed by atoms with E-state index in [0.29, 0.717) is 32.1 Å². The molecule has 0 aliphatic rings. The monoisotopic (exact) mass is 418 g/mol. The lowest BCUT2D eigenvalue weighted by Gasteiger charge is -2.35. The van der Waals surface area contributed by atoms with Gasteiger partial charge in [-0.05, 0) is 51.2 Å². The van der Waals surface area contributed by atoms with Crippen molar-refractivity contribution < 1.29 is 27.8 Å². The maximum absolute atomic E-state index is 13.9. The second-order valence-electron chi connectivity index (χ2n) is 7.50. The molecule has 29 heavy (non-hydrogen) atoms. The molecule has 0 spiro atoms. The predicted molar refractivity (Wildman–Crippen MR) is 109 cm³/mol. The molecule has 3 nitrogen and oxygen atoms in total. The normalized spacial score (nSPS) is 13.1. The third kappa shape index (κ3) is 9.06. The number of hydrogen-bond acceptors (Lipinski definition) is 3. The summed E-state index contributed by atoms with van der Waals surface area (Å²) < 4.78 is 51.5. The van der Waals surface area contributed by atoms with Crippen LogP contribution in [-0.2, 0) is 15.9 Å². The van der Waals surface area contributed by atoms with Crippen LogP contribution in [0.3, 0.4) is 0 Å². The molecular formula is C23H37F3O3. The molecule has 0 fully saturated rings. The Morgan fingerprint density at radius 2 is 1.34 bits per heavy atom. The molecular weight excluding hydrogens is 381 g/mol. The van der Waals surface area contributed by atoms with Crippen molar-refractivity contribution in [2.24, 2.45) is 5.92 Å². The van der Waals surface area contributed by atoms with Crippen LogP contribution in [0.1, 0.15) is 84.1 Å². The molecule has 0 saturated carbocycles. The Kier molecular flexibility index (Phi) is 12.5. The molecule has 1 aromatic carbocycles. The molecule has 0 saturated heterocycles. The fourth-order valence-corrected chi connectivity index (χ4v) is 3.67. The fourth-order valence-electron chi connectivity index (χ4n) is 3.67. The minimum absolute atomic E-state index is 0.138. The summed E-state index contributed by atoms with van der Waals surface area (Å²) >= 11 is 0. The van der Waals surface area contributed by atoms with Crippen molar-refractivity contribution in [3.8, 4) is 0 Å². The number of hydrogen-bond donors (Lipinski definition) is 1. The van der Waals surface area contributed by atoms with E-state index >= 15 is 0 Å². The molecule has 0 radical (unpaired) electrons. The molecule has 0 heterocycles. The van der Waals surface area contributed by atoms with Crippen molar-refractivity contribution in [1.82, 2.24) is 0 Å². The van der Waals surface area contributed by atoms with Crippen molar-refractivity contribution in [3.05, 3.63) is 35.1 Å². The average Bonchev–Trinajstić information content (AvgIpc) is 2.67. The summed E-state index contributed by atoms with van der Waals surface area (Å²) in [6.07, 6.45) is 8.81. The molecule has 1 atom stereocenters. The van der Waals surface area contributed by atoms with Gasteiger partial charge < -0.3 is 14.6 Å². The highest BCUT2D eigenvalue weighted by molar-refractivity contribution is 5.20. The summed E-state index contributed by atoms with van der Waals surface area (Å²) in [6, 6.07) is 1.49. The van der Waals surface area contributed by atoms with Crippen molar-refractivity contribution in [2.75, 3.05) is 13.2 Å². The van der Waals surface area contributed by atoms with E-state index in [-0.39, 0.29) is 17.9 Å². The number of aliphatic hydroxyl groups is 1. The standard InChI is InChI=1S/C23H37F3O3/c1-4-7-8-9-10-11-14-19(23(27,28-5-2)29-6-3)15-12-13-18-16-21(25)22(26)17-20(18)24/h16-17,19,27H,4-15H2,1-3H3. The zero-order valence-corrected chi connectivity index (χ0v) is 18.1. The smallest absolute Gasteiger partial charge is 0.283 e. The molecule has 1 rings (SSSR count). The molecule has 1 unspecified atom stereocenters. The lowest BCUT2D eigenvalue weighted by molar-refractivity contribution is -0.385. The molecule has 6 heteroatoms. The first-order valence-electron chi connectivity index (χ1n) is 11.0. The van der Waals surface area contributed by atoms with Gasteiger partial charge in [0.1, 0.15) is 5.82 Å². The van der Waals surface area contributed by atoms with Gasteiger partial charge in [0.2, 0.25) is 0 Å². The van der Waals surface area contributed by atoms with Gasteiger partial charge in [0, 0.05) is 25.2 Å². The van der Waals surface area contributed by atoms with Gasteiger partial charge in [-0.2, -0.15) is 0 Å². The van der Waals surface area contributed by atoms with Gasteiger partial charge in [0.25, 0.3) is 5.97 Å². The maximum atomic E-state index is 13.9. The van der Waals surface area contributed by atoms with Crippen LogP contribution in [0.5, 0.6) is 0 Å². The molecule has 0 aliphatic carbocycles. The third-order valence-electron chi connectivity index (χ3n) is 5.21. The zero-order valence-electron chi connectivity index (χ0n) is 18.1. The first-order valence-corrected chi connectivity index (χ1v) is 11.0. The van der Waals surface area contributed by atoms with Gasteiger partial charge in [-0.3, -0.25) is 0 Å². The minimum atomic E-state index is -1.68. The summed E-state index contributed by atoms with van der Waals surface area (Å²) in [5.41, 5.74) is 0.138. The van der Waals surface area contributed by atoms with E-state index in [1.807, 2.05) is 0 Å². The van der Waals surface area contributed by atoms with Gasteiger partial charge in [-0.25, -0.2) is 13.2 Å². The first-order chi connectivity index (χ1) is 13.9. The Morgan fingerprint density at radius 3 is 1.97 bits per heavy atom. The molecule has 168 valence electrons. The number of unbranched alkanes of at least 4 members (excludes halogenated alkanes) is 5. The van der Waals surface area contributed by atoms with Gasteiger partial charge in [-0.15, -0.1) is 0 Å². The molecule has 0 bridgehead atoms. The number of aryl methyl sites for hydroxylation is 1. The van der Waals surface area contributed by atoms with Crippen LogP contribution in [0, 0.1) is 23.4 Å². The molecule has 0 amide bonds. The Hall–Kier alpha value is -1.11. The summed E-state index contributed by atoms with van der Waals surface area (Å²) in [6.45, 7) is 6.38. The van der Waals surface area contributed by atoms with E-state index in [1.54, 1.807) is 13.8 Å². The zero-order chi connectivity index (χ0) is 21.7.